The summed E-state index contributed by atoms with van der Waals surface area (Å²) in [6, 6.07) is 4.22. The highest BCUT2D eigenvalue weighted by atomic mass is 16.6. The molecular weight excluding hydrogens is 592 g/mol. The second-order valence-corrected chi connectivity index (χ2v) is 12.7. The van der Waals surface area contributed by atoms with Gasteiger partial charge in [0.25, 0.3) is 0 Å². The maximum atomic E-state index is 13.6. The molecule has 3 aromatic rings. The van der Waals surface area contributed by atoms with Crippen molar-refractivity contribution in [2.24, 2.45) is 11.3 Å². The maximum Gasteiger partial charge on any atom is 0.341 e. The summed E-state index contributed by atoms with van der Waals surface area (Å²) < 4.78 is 46.1. The number of fused-ring (bicyclic) bond motifs is 1. The van der Waals surface area contributed by atoms with Crippen LogP contribution in [-0.4, -0.2) is 70.7 Å². The molecular formula is C32H34O13. The smallest absolute Gasteiger partial charge is 0.341 e. The fraction of sp³-hybridized carbons (Fsp3) is 0.500. The lowest BCUT2D eigenvalue weighted by atomic mass is 9.47. The number of esters is 4. The molecule has 3 aromatic heterocycles. The second-order valence-electron chi connectivity index (χ2n) is 12.7. The van der Waals surface area contributed by atoms with Crippen LogP contribution in [0.2, 0.25) is 0 Å². The van der Waals surface area contributed by atoms with Gasteiger partial charge in [-0.15, -0.1) is 0 Å². The summed E-state index contributed by atoms with van der Waals surface area (Å²) in [5.74, 6) is -3.36. The Labute approximate surface area is 257 Å². The number of hydrogen-bond donors (Lipinski definition) is 1. The van der Waals surface area contributed by atoms with Crippen molar-refractivity contribution < 1.29 is 61.2 Å². The lowest BCUT2D eigenvalue weighted by molar-refractivity contribution is -0.333. The van der Waals surface area contributed by atoms with Crippen molar-refractivity contribution in [1.29, 1.82) is 0 Å². The Hall–Kier alpha value is -4.36. The number of furan rings is 3. The van der Waals surface area contributed by atoms with Crippen molar-refractivity contribution in [2.75, 3.05) is 6.61 Å². The average Bonchev–Trinajstić information content (AvgIpc) is 3.79. The van der Waals surface area contributed by atoms with Crippen molar-refractivity contribution in [1.82, 2.24) is 0 Å². The van der Waals surface area contributed by atoms with E-state index in [-0.39, 0.29) is 41.9 Å². The van der Waals surface area contributed by atoms with Crippen LogP contribution in [0.15, 0.2) is 69.0 Å². The molecule has 0 aromatic carbocycles. The third-order valence-corrected chi connectivity index (χ3v) is 9.62. The first-order chi connectivity index (χ1) is 21.3. The molecule has 7 atom stereocenters. The van der Waals surface area contributed by atoms with E-state index < -0.39 is 71.0 Å². The van der Waals surface area contributed by atoms with Gasteiger partial charge in [-0.2, -0.15) is 0 Å². The Balaban J connectivity index is 1.55. The lowest BCUT2D eigenvalue weighted by Gasteiger charge is -2.64. The molecule has 13 heteroatoms. The fourth-order valence-electron chi connectivity index (χ4n) is 7.47. The molecule has 13 nitrogen and oxygen atoms in total. The number of carbonyl (C=O) groups is 4. The van der Waals surface area contributed by atoms with Crippen LogP contribution in [0.3, 0.4) is 0 Å². The van der Waals surface area contributed by atoms with Crippen LogP contribution in [0.4, 0.5) is 0 Å². The number of carbonyl (C=O) groups excluding carboxylic acids is 4. The zero-order chi connectivity index (χ0) is 32.2. The Bertz CT molecular complexity index is 1550. The minimum atomic E-state index is -1.79. The molecule has 240 valence electrons. The molecule has 0 radical (unpaired) electrons. The first-order valence-electron chi connectivity index (χ1n) is 14.5. The van der Waals surface area contributed by atoms with Crippen LogP contribution in [0.25, 0.3) is 0 Å². The first kappa shape index (κ1) is 30.7. The van der Waals surface area contributed by atoms with Gasteiger partial charge in [-0.25, -0.2) is 14.4 Å². The normalized spacial score (nSPS) is 33.1. The van der Waals surface area contributed by atoms with E-state index in [1.807, 2.05) is 13.8 Å². The van der Waals surface area contributed by atoms with Gasteiger partial charge in [0.1, 0.15) is 48.6 Å². The van der Waals surface area contributed by atoms with Gasteiger partial charge >= 0.3 is 23.9 Å². The summed E-state index contributed by atoms with van der Waals surface area (Å²) in [6.45, 7) is 5.92. The van der Waals surface area contributed by atoms with E-state index in [9.17, 15) is 24.3 Å². The van der Waals surface area contributed by atoms with Gasteiger partial charge in [0.05, 0.1) is 46.7 Å². The van der Waals surface area contributed by atoms with Crippen LogP contribution in [-0.2, 0) is 28.5 Å². The predicted octanol–water partition coefficient (Wildman–Crippen LogP) is 4.10. The molecule has 1 aliphatic heterocycles. The molecule has 6 rings (SSSR count). The monoisotopic (exact) mass is 626 g/mol. The molecule has 0 amide bonds. The molecule has 2 bridgehead atoms. The van der Waals surface area contributed by atoms with Gasteiger partial charge < -0.3 is 42.0 Å². The quantitative estimate of drug-likeness (QED) is 0.280. The molecule has 4 heterocycles. The highest BCUT2D eigenvalue weighted by molar-refractivity contribution is 5.90. The van der Waals surface area contributed by atoms with Crippen LogP contribution < -0.4 is 0 Å². The summed E-state index contributed by atoms with van der Waals surface area (Å²) in [5.41, 5.74) is -5.82. The summed E-state index contributed by atoms with van der Waals surface area (Å²) in [6.07, 6.45) is 3.68. The van der Waals surface area contributed by atoms with Crippen molar-refractivity contribution in [3.8, 4) is 0 Å². The molecule has 1 N–H and O–H groups in total. The lowest BCUT2D eigenvalue weighted by Crippen LogP contribution is -2.79. The van der Waals surface area contributed by atoms with Crippen LogP contribution in [0.5, 0.6) is 0 Å². The van der Waals surface area contributed by atoms with Gasteiger partial charge in [0.15, 0.2) is 6.10 Å². The standard InChI is InChI=1S/C32H34O13/c1-18(33)41-17-31-24(43-27(35)20-6-9-39-15-20)11-22-12-32(31,45-29(22,2)3)30(4,37)13-23(42-26(34)19-5-8-38-14-19)25(31)44-28(36)21-7-10-40-16-21/h5-10,14-16,22-25,37H,11-13,17H2,1-4H3/t22-,23+,24+,25+,30+,31-,32+/m1/s1. The second kappa shape index (κ2) is 10.9. The first-order valence-corrected chi connectivity index (χ1v) is 14.5. The Morgan fingerprint density at radius 3 is 1.87 bits per heavy atom. The summed E-state index contributed by atoms with van der Waals surface area (Å²) in [4.78, 5) is 52.9. The van der Waals surface area contributed by atoms with E-state index in [4.69, 9.17) is 36.9 Å². The van der Waals surface area contributed by atoms with Gasteiger partial charge in [0, 0.05) is 13.3 Å². The minimum Gasteiger partial charge on any atom is -0.472 e. The van der Waals surface area contributed by atoms with Crippen molar-refractivity contribution in [2.45, 2.75) is 82.1 Å². The summed E-state index contributed by atoms with van der Waals surface area (Å²) in [7, 11) is 0. The third kappa shape index (κ3) is 4.94. The molecule has 0 unspecified atom stereocenters. The Morgan fingerprint density at radius 2 is 1.36 bits per heavy atom. The van der Waals surface area contributed by atoms with E-state index in [1.165, 1.54) is 69.6 Å². The van der Waals surface area contributed by atoms with E-state index in [0.29, 0.717) is 0 Å². The molecule has 3 aliphatic rings. The number of hydrogen-bond acceptors (Lipinski definition) is 13. The predicted molar refractivity (Wildman–Crippen MR) is 149 cm³/mol. The maximum absolute atomic E-state index is 13.6. The van der Waals surface area contributed by atoms with E-state index in [0.717, 1.165) is 0 Å². The Morgan fingerprint density at radius 1 is 0.822 bits per heavy atom. The molecule has 2 saturated carbocycles. The number of ether oxygens (including phenoxy) is 5. The largest absolute Gasteiger partial charge is 0.472 e. The van der Waals surface area contributed by atoms with Crippen molar-refractivity contribution >= 4 is 23.9 Å². The zero-order valence-corrected chi connectivity index (χ0v) is 25.2. The van der Waals surface area contributed by atoms with Gasteiger partial charge in [-0.1, -0.05) is 0 Å². The van der Waals surface area contributed by atoms with Crippen LogP contribution in [0.1, 0.15) is 78.0 Å². The van der Waals surface area contributed by atoms with Crippen molar-refractivity contribution in [3.05, 3.63) is 72.5 Å². The van der Waals surface area contributed by atoms with E-state index in [1.54, 1.807) is 0 Å². The van der Waals surface area contributed by atoms with Crippen LogP contribution >= 0.6 is 0 Å². The molecule has 45 heavy (non-hydrogen) atoms. The van der Waals surface area contributed by atoms with Gasteiger partial charge in [-0.3, -0.25) is 4.79 Å². The molecule has 3 fully saturated rings. The summed E-state index contributed by atoms with van der Waals surface area (Å²) >= 11 is 0. The van der Waals surface area contributed by atoms with E-state index >= 15 is 0 Å². The highest BCUT2D eigenvalue weighted by Crippen LogP contribution is 2.68. The Kier molecular flexibility index (Phi) is 7.44. The highest BCUT2D eigenvalue weighted by Gasteiger charge is 2.81. The zero-order valence-electron chi connectivity index (χ0n) is 25.2. The SMILES string of the molecule is CC(=O)OC[C@]12[C@@H](OC(=O)c3ccoc3)C[C@@H]3C[C@]1(OC3(C)C)[C@@](C)(O)C[C@H](OC(=O)c1ccoc1)[C@@H]2OC(=O)c1ccoc1. The topological polar surface area (TPSA) is 174 Å². The summed E-state index contributed by atoms with van der Waals surface area (Å²) in [5, 5.41) is 12.4. The van der Waals surface area contributed by atoms with Gasteiger partial charge in [-0.05, 0) is 57.7 Å². The van der Waals surface area contributed by atoms with Gasteiger partial charge in [0.2, 0.25) is 0 Å². The van der Waals surface area contributed by atoms with Crippen molar-refractivity contribution in [3.63, 3.8) is 0 Å². The average molecular weight is 627 g/mol. The molecule has 1 saturated heterocycles. The molecule has 1 spiro atoms. The number of rotatable bonds is 8. The minimum absolute atomic E-state index is 0.0530. The third-order valence-electron chi connectivity index (χ3n) is 9.62. The number of aliphatic hydroxyl groups is 1. The fourth-order valence-corrected chi connectivity index (χ4v) is 7.47. The van der Waals surface area contributed by atoms with E-state index in [2.05, 4.69) is 0 Å². The molecule has 2 aliphatic carbocycles. The van der Waals surface area contributed by atoms with Crippen LogP contribution in [0, 0.1) is 11.3 Å².